The van der Waals surface area contributed by atoms with Crippen molar-refractivity contribution in [3.8, 4) is 5.75 Å². The third-order valence-corrected chi connectivity index (χ3v) is 7.82. The maximum absolute atomic E-state index is 12.7. The van der Waals surface area contributed by atoms with Crippen LogP contribution in [0.15, 0.2) is 29.2 Å². The number of imide groups is 1. The molecule has 0 bridgehead atoms. The van der Waals surface area contributed by atoms with E-state index in [2.05, 4.69) is 5.32 Å². The summed E-state index contributed by atoms with van der Waals surface area (Å²) in [6, 6.07) is 5.91. The molecule has 36 heavy (non-hydrogen) atoms. The highest BCUT2D eigenvalue weighted by Crippen LogP contribution is 2.34. The molecule has 3 amide bonds. The van der Waals surface area contributed by atoms with Crippen molar-refractivity contribution in [3.63, 3.8) is 0 Å². The van der Waals surface area contributed by atoms with Gasteiger partial charge in [-0.1, -0.05) is 0 Å². The molecule has 0 aliphatic heterocycles. The van der Waals surface area contributed by atoms with Crippen LogP contribution >= 0.6 is 11.3 Å². The molecule has 1 aromatic carbocycles. The van der Waals surface area contributed by atoms with Gasteiger partial charge in [0.15, 0.2) is 9.84 Å². The minimum Gasteiger partial charge on any atom is -0.497 e. The molecule has 0 fully saturated rings. The van der Waals surface area contributed by atoms with Crippen LogP contribution < -0.4 is 15.4 Å². The average molecular weight is 541 g/mol. The standard InChI is InChI=1S/C23H28N2O9S2/c1-5-33-22(28)19-14(3)18(20(27)25-23(29)34-6-2)21(35-19)24-17(26)8-7-13-36(30,31)16-11-9-15(32-4)10-12-16/h9-12H,5-8,13H2,1-4H3,(H,24,26)(H,25,27,29). The van der Waals surface area contributed by atoms with E-state index >= 15 is 0 Å². The molecular weight excluding hydrogens is 512 g/mol. The summed E-state index contributed by atoms with van der Waals surface area (Å²) in [6.07, 6.45) is -1.13. The largest absolute Gasteiger partial charge is 0.497 e. The SMILES string of the molecule is CCOC(=O)NC(=O)c1c(NC(=O)CCCS(=O)(=O)c2ccc(OC)cc2)sc(C(=O)OCC)c1C. The van der Waals surface area contributed by atoms with Crippen LogP contribution in [0.5, 0.6) is 5.75 Å². The fourth-order valence-corrected chi connectivity index (χ4v) is 5.53. The third kappa shape index (κ3) is 7.52. The summed E-state index contributed by atoms with van der Waals surface area (Å²) in [5.41, 5.74) is 0.132. The predicted molar refractivity (Wildman–Crippen MR) is 132 cm³/mol. The number of hydrogen-bond acceptors (Lipinski definition) is 10. The molecule has 0 saturated heterocycles. The van der Waals surface area contributed by atoms with Gasteiger partial charge in [-0.2, -0.15) is 0 Å². The van der Waals surface area contributed by atoms with Crippen LogP contribution in [0, 0.1) is 6.92 Å². The number of anilines is 1. The van der Waals surface area contributed by atoms with Crippen molar-refractivity contribution >= 4 is 50.1 Å². The number of alkyl carbamates (subject to hydrolysis) is 1. The number of hydrogen-bond donors (Lipinski definition) is 2. The predicted octanol–water partition coefficient (Wildman–Crippen LogP) is 3.32. The first-order valence-electron chi connectivity index (χ1n) is 11.0. The van der Waals surface area contributed by atoms with Crippen molar-refractivity contribution in [2.45, 2.75) is 38.5 Å². The lowest BCUT2D eigenvalue weighted by atomic mass is 10.1. The third-order valence-electron chi connectivity index (χ3n) is 4.81. The molecule has 196 valence electrons. The van der Waals surface area contributed by atoms with Crippen LogP contribution in [0.25, 0.3) is 0 Å². The van der Waals surface area contributed by atoms with Gasteiger partial charge >= 0.3 is 12.1 Å². The normalized spacial score (nSPS) is 10.9. The molecule has 0 aliphatic carbocycles. The number of carbonyl (C=O) groups excluding carboxylic acids is 4. The Bertz CT molecular complexity index is 1220. The van der Waals surface area contributed by atoms with Gasteiger partial charge in [0.1, 0.15) is 15.6 Å². The highest BCUT2D eigenvalue weighted by molar-refractivity contribution is 7.91. The number of carbonyl (C=O) groups is 4. The molecule has 0 unspecified atom stereocenters. The lowest BCUT2D eigenvalue weighted by Crippen LogP contribution is -2.32. The zero-order valence-corrected chi connectivity index (χ0v) is 22.0. The Morgan fingerprint density at radius 3 is 2.22 bits per heavy atom. The first-order chi connectivity index (χ1) is 17.0. The van der Waals surface area contributed by atoms with Crippen molar-refractivity contribution in [2.75, 3.05) is 31.4 Å². The molecule has 0 saturated carbocycles. The van der Waals surface area contributed by atoms with Gasteiger partial charge in [-0.15, -0.1) is 11.3 Å². The van der Waals surface area contributed by atoms with E-state index in [-0.39, 0.29) is 57.7 Å². The first-order valence-corrected chi connectivity index (χ1v) is 13.5. The highest BCUT2D eigenvalue weighted by Gasteiger charge is 2.27. The molecule has 0 spiro atoms. The Morgan fingerprint density at radius 2 is 1.64 bits per heavy atom. The number of amides is 3. The van der Waals surface area contributed by atoms with Gasteiger partial charge in [-0.05, 0) is 57.0 Å². The summed E-state index contributed by atoms with van der Waals surface area (Å²) < 4.78 is 39.8. The molecule has 0 radical (unpaired) electrons. The Kier molecular flexibility index (Phi) is 10.4. The number of sulfone groups is 1. The van der Waals surface area contributed by atoms with E-state index in [1.54, 1.807) is 13.8 Å². The van der Waals surface area contributed by atoms with Gasteiger partial charge in [0.05, 0.1) is 36.5 Å². The number of nitrogens with one attached hydrogen (secondary N) is 2. The number of esters is 1. The second-order valence-electron chi connectivity index (χ2n) is 7.30. The number of rotatable bonds is 11. The average Bonchev–Trinajstić information content (AvgIpc) is 3.14. The smallest absolute Gasteiger partial charge is 0.414 e. The van der Waals surface area contributed by atoms with Gasteiger partial charge in [0, 0.05) is 6.42 Å². The molecule has 0 aliphatic rings. The lowest BCUT2D eigenvalue weighted by molar-refractivity contribution is -0.116. The number of ether oxygens (including phenoxy) is 3. The van der Waals surface area contributed by atoms with Gasteiger partial charge in [-0.3, -0.25) is 14.9 Å². The highest BCUT2D eigenvalue weighted by atomic mass is 32.2. The van der Waals surface area contributed by atoms with E-state index in [0.29, 0.717) is 5.75 Å². The fourth-order valence-electron chi connectivity index (χ4n) is 3.10. The van der Waals surface area contributed by atoms with Crippen LogP contribution in [0.3, 0.4) is 0 Å². The molecule has 13 heteroatoms. The van der Waals surface area contributed by atoms with E-state index in [0.717, 1.165) is 11.3 Å². The Balaban J connectivity index is 2.14. The summed E-state index contributed by atoms with van der Waals surface area (Å²) >= 11 is 0.821. The lowest BCUT2D eigenvalue weighted by Gasteiger charge is -2.09. The zero-order valence-electron chi connectivity index (χ0n) is 20.3. The van der Waals surface area contributed by atoms with Crippen LogP contribution in [-0.4, -0.2) is 58.4 Å². The Morgan fingerprint density at radius 1 is 1.00 bits per heavy atom. The summed E-state index contributed by atoms with van der Waals surface area (Å²) in [4.78, 5) is 49.5. The molecule has 2 aromatic rings. The van der Waals surface area contributed by atoms with Gasteiger partial charge in [0.25, 0.3) is 5.91 Å². The van der Waals surface area contributed by atoms with Crippen molar-refractivity contribution in [2.24, 2.45) is 0 Å². The summed E-state index contributed by atoms with van der Waals surface area (Å²) in [5, 5.41) is 4.61. The van der Waals surface area contributed by atoms with E-state index in [1.165, 1.54) is 38.3 Å². The van der Waals surface area contributed by atoms with Crippen LogP contribution in [0.4, 0.5) is 9.80 Å². The molecular formula is C23H28N2O9S2. The van der Waals surface area contributed by atoms with E-state index < -0.39 is 33.7 Å². The second-order valence-corrected chi connectivity index (χ2v) is 10.4. The second kappa shape index (κ2) is 13.0. The molecule has 11 nitrogen and oxygen atoms in total. The van der Waals surface area contributed by atoms with Crippen LogP contribution in [0.1, 0.15) is 52.3 Å². The molecule has 0 atom stereocenters. The summed E-state index contributed by atoms with van der Waals surface area (Å²) in [5.74, 6) is -1.88. The van der Waals surface area contributed by atoms with Gasteiger partial charge < -0.3 is 19.5 Å². The topological polar surface area (TPSA) is 154 Å². The molecule has 2 rings (SSSR count). The van der Waals surface area contributed by atoms with Gasteiger partial charge in [0.2, 0.25) is 5.91 Å². The van der Waals surface area contributed by atoms with E-state index in [1.807, 2.05) is 5.32 Å². The number of benzene rings is 1. The van der Waals surface area contributed by atoms with Crippen molar-refractivity contribution in [1.82, 2.24) is 5.32 Å². The minimum absolute atomic E-state index is 0.0135. The Labute approximate surface area is 213 Å². The van der Waals surface area contributed by atoms with Crippen LogP contribution in [0.2, 0.25) is 0 Å². The van der Waals surface area contributed by atoms with Crippen molar-refractivity contribution < 1.29 is 41.8 Å². The monoisotopic (exact) mass is 540 g/mol. The maximum atomic E-state index is 12.7. The summed E-state index contributed by atoms with van der Waals surface area (Å²) in [7, 11) is -2.15. The quantitative estimate of drug-likeness (QED) is 0.408. The molecule has 1 aromatic heterocycles. The number of methoxy groups -OCH3 is 1. The fraction of sp³-hybridized carbons (Fsp3) is 0.391. The van der Waals surface area contributed by atoms with E-state index in [4.69, 9.17) is 14.2 Å². The summed E-state index contributed by atoms with van der Waals surface area (Å²) in [6.45, 7) is 4.82. The minimum atomic E-state index is -3.62. The van der Waals surface area contributed by atoms with Gasteiger partial charge in [-0.25, -0.2) is 18.0 Å². The Hall–Kier alpha value is -3.45. The van der Waals surface area contributed by atoms with Crippen LogP contribution in [-0.2, 0) is 24.1 Å². The maximum Gasteiger partial charge on any atom is 0.414 e. The van der Waals surface area contributed by atoms with Crippen molar-refractivity contribution in [3.05, 3.63) is 40.3 Å². The first kappa shape index (κ1) is 28.8. The zero-order chi connectivity index (χ0) is 26.9. The molecule has 2 N–H and O–H groups in total. The molecule has 1 heterocycles. The van der Waals surface area contributed by atoms with E-state index in [9.17, 15) is 27.6 Å². The van der Waals surface area contributed by atoms with Crippen molar-refractivity contribution in [1.29, 1.82) is 0 Å². The number of thiophene rings is 1.